The number of hydrogen-bond acceptors (Lipinski definition) is 3. The fraction of sp³-hybridized carbons (Fsp3) is 0.750. The Balaban J connectivity index is 2.52. The molecule has 0 radical (unpaired) electrons. The highest BCUT2D eigenvalue weighted by Gasteiger charge is 2.10. The molecule has 4 heteroatoms. The maximum absolute atomic E-state index is 11.6. The summed E-state index contributed by atoms with van der Waals surface area (Å²) in [6, 6.07) is 0. The van der Waals surface area contributed by atoms with Crippen LogP contribution in [-0.4, -0.2) is 20.5 Å². The quantitative estimate of drug-likeness (QED) is 0.712. The van der Waals surface area contributed by atoms with Crippen molar-refractivity contribution in [3.05, 3.63) is 12.2 Å². The summed E-state index contributed by atoms with van der Waals surface area (Å²) < 4.78 is 1.84. The summed E-state index contributed by atoms with van der Waals surface area (Å²) in [4.78, 5) is 15.8. The van der Waals surface area contributed by atoms with Crippen molar-refractivity contribution >= 4 is 5.78 Å². The third-order valence-electron chi connectivity index (χ3n) is 2.40. The van der Waals surface area contributed by atoms with Gasteiger partial charge in [0, 0.05) is 13.0 Å². The average Bonchev–Trinajstić information content (AvgIpc) is 2.62. The summed E-state index contributed by atoms with van der Waals surface area (Å²) in [5.41, 5.74) is 0. The monoisotopic (exact) mass is 223 g/mol. The summed E-state index contributed by atoms with van der Waals surface area (Å²) >= 11 is 0. The van der Waals surface area contributed by atoms with Crippen LogP contribution >= 0.6 is 0 Å². The van der Waals surface area contributed by atoms with Crippen LogP contribution < -0.4 is 0 Å². The number of hydrogen-bond donors (Lipinski definition) is 0. The standard InChI is InChI=1S/C12H21N3O/c1-4-5-6-11(16)7-12-13-9-14-15(12)8-10(2)3/h9-10H,4-8H2,1-3H3. The maximum Gasteiger partial charge on any atom is 0.140 e. The molecule has 1 aromatic rings. The van der Waals surface area contributed by atoms with Gasteiger partial charge in [-0.15, -0.1) is 0 Å². The Morgan fingerprint density at radius 3 is 2.88 bits per heavy atom. The van der Waals surface area contributed by atoms with Crippen LogP contribution in [0.25, 0.3) is 0 Å². The number of Topliss-reactive ketones (excluding diaryl/α,β-unsaturated/α-hetero) is 1. The molecule has 16 heavy (non-hydrogen) atoms. The number of unbranched alkanes of at least 4 members (excludes halogenated alkanes) is 1. The van der Waals surface area contributed by atoms with E-state index >= 15 is 0 Å². The Morgan fingerprint density at radius 1 is 1.50 bits per heavy atom. The topological polar surface area (TPSA) is 47.8 Å². The molecule has 0 bridgehead atoms. The van der Waals surface area contributed by atoms with Crippen LogP contribution in [0.15, 0.2) is 6.33 Å². The molecule has 1 heterocycles. The molecule has 1 rings (SSSR count). The van der Waals surface area contributed by atoms with Crippen LogP contribution in [0.4, 0.5) is 0 Å². The van der Waals surface area contributed by atoms with Crippen molar-refractivity contribution in [2.75, 3.05) is 0 Å². The lowest BCUT2D eigenvalue weighted by atomic mass is 10.1. The lowest BCUT2D eigenvalue weighted by Gasteiger charge is -2.07. The second kappa shape index (κ2) is 6.40. The summed E-state index contributed by atoms with van der Waals surface area (Å²) in [6.45, 7) is 7.18. The van der Waals surface area contributed by atoms with Gasteiger partial charge in [-0.05, 0) is 12.3 Å². The van der Waals surface area contributed by atoms with Crippen molar-refractivity contribution in [1.82, 2.24) is 14.8 Å². The second-order valence-electron chi connectivity index (χ2n) is 4.57. The Hall–Kier alpha value is -1.19. The predicted molar refractivity (Wildman–Crippen MR) is 63.1 cm³/mol. The highest BCUT2D eigenvalue weighted by molar-refractivity contribution is 5.80. The fourth-order valence-corrected chi connectivity index (χ4v) is 1.56. The molecule has 0 spiro atoms. The largest absolute Gasteiger partial charge is 0.299 e. The lowest BCUT2D eigenvalue weighted by Crippen LogP contribution is -2.14. The average molecular weight is 223 g/mol. The van der Waals surface area contributed by atoms with Crippen molar-refractivity contribution in [2.45, 2.75) is 53.0 Å². The van der Waals surface area contributed by atoms with E-state index in [0.717, 1.165) is 25.2 Å². The Bertz CT molecular complexity index is 331. The van der Waals surface area contributed by atoms with E-state index < -0.39 is 0 Å². The smallest absolute Gasteiger partial charge is 0.140 e. The van der Waals surface area contributed by atoms with E-state index in [0.29, 0.717) is 18.8 Å². The van der Waals surface area contributed by atoms with E-state index in [4.69, 9.17) is 0 Å². The summed E-state index contributed by atoms with van der Waals surface area (Å²) in [5, 5.41) is 4.14. The van der Waals surface area contributed by atoms with Crippen LogP contribution in [0.5, 0.6) is 0 Å². The number of nitrogens with zero attached hydrogens (tertiary/aromatic N) is 3. The van der Waals surface area contributed by atoms with Gasteiger partial charge in [-0.1, -0.05) is 27.2 Å². The van der Waals surface area contributed by atoms with Gasteiger partial charge in [-0.25, -0.2) is 9.67 Å². The molecule has 1 aromatic heterocycles. The van der Waals surface area contributed by atoms with E-state index in [2.05, 4.69) is 30.9 Å². The molecular weight excluding hydrogens is 202 g/mol. The number of ketones is 1. The molecule has 4 nitrogen and oxygen atoms in total. The van der Waals surface area contributed by atoms with Gasteiger partial charge in [0.2, 0.25) is 0 Å². The molecule has 0 saturated heterocycles. The van der Waals surface area contributed by atoms with E-state index in [-0.39, 0.29) is 5.78 Å². The molecule has 0 amide bonds. The minimum atomic E-state index is 0.264. The van der Waals surface area contributed by atoms with E-state index in [1.54, 1.807) is 0 Å². The van der Waals surface area contributed by atoms with Crippen molar-refractivity contribution in [2.24, 2.45) is 5.92 Å². The molecule has 0 aliphatic rings. The summed E-state index contributed by atoms with van der Waals surface area (Å²) in [7, 11) is 0. The van der Waals surface area contributed by atoms with Gasteiger partial charge in [0.1, 0.15) is 17.9 Å². The van der Waals surface area contributed by atoms with Crippen LogP contribution in [0.2, 0.25) is 0 Å². The molecular formula is C12H21N3O. The molecule has 0 aliphatic heterocycles. The van der Waals surface area contributed by atoms with Crippen molar-refractivity contribution in [1.29, 1.82) is 0 Å². The number of aromatic nitrogens is 3. The van der Waals surface area contributed by atoms with Crippen molar-refractivity contribution in [3.8, 4) is 0 Å². The highest BCUT2D eigenvalue weighted by atomic mass is 16.1. The normalized spacial score (nSPS) is 11.0. The first-order valence-electron chi connectivity index (χ1n) is 6.01. The zero-order valence-corrected chi connectivity index (χ0v) is 10.4. The molecule has 0 aromatic carbocycles. The molecule has 0 saturated carbocycles. The van der Waals surface area contributed by atoms with Crippen molar-refractivity contribution in [3.63, 3.8) is 0 Å². The maximum atomic E-state index is 11.6. The van der Waals surface area contributed by atoms with Crippen LogP contribution in [0.1, 0.15) is 45.9 Å². The summed E-state index contributed by atoms with van der Waals surface area (Å²) in [6.07, 6.45) is 4.64. The molecule has 0 unspecified atom stereocenters. The number of carbonyl (C=O) groups is 1. The van der Waals surface area contributed by atoms with Gasteiger partial charge < -0.3 is 0 Å². The van der Waals surface area contributed by atoms with Gasteiger partial charge >= 0.3 is 0 Å². The molecule has 0 fully saturated rings. The first-order valence-corrected chi connectivity index (χ1v) is 6.01. The Kier molecular flexibility index (Phi) is 5.15. The molecule has 0 N–H and O–H groups in total. The van der Waals surface area contributed by atoms with Gasteiger partial charge in [0.05, 0.1) is 6.42 Å². The second-order valence-corrected chi connectivity index (χ2v) is 4.57. The van der Waals surface area contributed by atoms with Crippen LogP contribution in [-0.2, 0) is 17.8 Å². The van der Waals surface area contributed by atoms with Gasteiger partial charge in [-0.2, -0.15) is 5.10 Å². The molecule has 90 valence electrons. The number of rotatable bonds is 7. The Morgan fingerprint density at radius 2 is 2.25 bits per heavy atom. The minimum Gasteiger partial charge on any atom is -0.299 e. The van der Waals surface area contributed by atoms with Crippen molar-refractivity contribution < 1.29 is 4.79 Å². The zero-order chi connectivity index (χ0) is 12.0. The predicted octanol–water partition coefficient (Wildman–Crippen LogP) is 2.24. The third kappa shape index (κ3) is 4.13. The van der Waals surface area contributed by atoms with Gasteiger partial charge in [0.15, 0.2) is 0 Å². The summed E-state index contributed by atoms with van der Waals surface area (Å²) in [5.74, 6) is 1.58. The molecule has 0 atom stereocenters. The van der Waals surface area contributed by atoms with E-state index in [1.807, 2.05) is 4.68 Å². The Labute approximate surface area is 97.1 Å². The first-order chi connectivity index (χ1) is 7.63. The van der Waals surface area contributed by atoms with Crippen LogP contribution in [0.3, 0.4) is 0 Å². The number of carbonyl (C=O) groups excluding carboxylic acids is 1. The third-order valence-corrected chi connectivity index (χ3v) is 2.40. The first kappa shape index (κ1) is 12.9. The fourth-order valence-electron chi connectivity index (χ4n) is 1.56. The SMILES string of the molecule is CCCCC(=O)Cc1ncnn1CC(C)C. The van der Waals surface area contributed by atoms with E-state index in [9.17, 15) is 4.79 Å². The van der Waals surface area contributed by atoms with E-state index in [1.165, 1.54) is 6.33 Å². The van der Waals surface area contributed by atoms with Gasteiger partial charge in [0.25, 0.3) is 0 Å². The lowest BCUT2D eigenvalue weighted by molar-refractivity contribution is -0.118. The highest BCUT2D eigenvalue weighted by Crippen LogP contribution is 2.05. The zero-order valence-electron chi connectivity index (χ0n) is 10.4. The van der Waals surface area contributed by atoms with Gasteiger partial charge in [-0.3, -0.25) is 4.79 Å². The van der Waals surface area contributed by atoms with Crippen LogP contribution in [0, 0.1) is 5.92 Å². The molecule has 0 aliphatic carbocycles. The minimum absolute atomic E-state index is 0.264.